The lowest BCUT2D eigenvalue weighted by atomic mass is 10.1. The van der Waals surface area contributed by atoms with Crippen LogP contribution in [0.15, 0.2) is 78.0 Å². The molecule has 0 aliphatic carbocycles. The highest BCUT2D eigenvalue weighted by Crippen LogP contribution is 2.21. The minimum Gasteiger partial charge on any atom is -0.342 e. The molecule has 0 spiro atoms. The highest BCUT2D eigenvalue weighted by atomic mass is 79.9. The maximum atomic E-state index is 10.8. The molecule has 1 aromatic rings. The predicted molar refractivity (Wildman–Crippen MR) is 111 cm³/mol. The molecule has 0 aromatic heterocycles. The van der Waals surface area contributed by atoms with Gasteiger partial charge in [-0.2, -0.15) is 0 Å². The van der Waals surface area contributed by atoms with Gasteiger partial charge in [-0.1, -0.05) is 65.9 Å². The summed E-state index contributed by atoms with van der Waals surface area (Å²) in [6, 6.07) is 10.1. The van der Waals surface area contributed by atoms with Gasteiger partial charge in [-0.25, -0.2) is 0 Å². The maximum absolute atomic E-state index is 10.8. The van der Waals surface area contributed by atoms with E-state index in [0.29, 0.717) is 0 Å². The highest BCUT2D eigenvalue weighted by Gasteiger charge is 2.08. The molecule has 0 aliphatic heterocycles. The van der Waals surface area contributed by atoms with E-state index in [2.05, 4.69) is 40.9 Å². The fourth-order valence-electron chi connectivity index (χ4n) is 1.94. The Balaban J connectivity index is 0.000000922. The molecule has 0 saturated heterocycles. The summed E-state index contributed by atoms with van der Waals surface area (Å²) in [6.07, 6.45) is 9.26. The number of aldehydes is 1. The van der Waals surface area contributed by atoms with Gasteiger partial charge < -0.3 is 4.90 Å². The molecular formula is C21H28BrNO. The molecule has 130 valence electrons. The minimum absolute atomic E-state index is 0.717. The van der Waals surface area contributed by atoms with E-state index in [0.717, 1.165) is 49.1 Å². The molecule has 1 aromatic carbocycles. The molecule has 0 unspecified atom stereocenters. The summed E-state index contributed by atoms with van der Waals surface area (Å²) in [5.74, 6) is 0. The van der Waals surface area contributed by atoms with Crippen molar-refractivity contribution in [3.05, 3.63) is 78.0 Å². The Labute approximate surface area is 155 Å². The Kier molecular flexibility index (Phi) is 13.6. The van der Waals surface area contributed by atoms with Crippen LogP contribution in [0.4, 0.5) is 5.69 Å². The summed E-state index contributed by atoms with van der Waals surface area (Å²) in [4.78, 5) is 14.8. The van der Waals surface area contributed by atoms with Crippen LogP contribution in [0.25, 0.3) is 0 Å². The summed E-state index contributed by atoms with van der Waals surface area (Å²) in [5, 5.41) is 0. The van der Waals surface area contributed by atoms with Gasteiger partial charge in [0.25, 0.3) is 0 Å². The second kappa shape index (κ2) is 14.7. The van der Waals surface area contributed by atoms with Gasteiger partial charge in [0.05, 0.1) is 0 Å². The van der Waals surface area contributed by atoms with Crippen LogP contribution in [-0.4, -0.2) is 12.8 Å². The highest BCUT2D eigenvalue weighted by molar-refractivity contribution is 9.11. The molecule has 0 radical (unpaired) electrons. The van der Waals surface area contributed by atoms with Gasteiger partial charge >= 0.3 is 0 Å². The number of allylic oxidation sites excluding steroid dienone is 4. The Hall–Kier alpha value is -1.87. The maximum Gasteiger partial charge on any atom is 0.145 e. The summed E-state index contributed by atoms with van der Waals surface area (Å²) in [7, 11) is 0. The molecular weight excluding hydrogens is 362 g/mol. The lowest BCUT2D eigenvalue weighted by molar-refractivity contribution is -0.105. The number of carbonyl (C=O) groups is 1. The number of anilines is 1. The van der Waals surface area contributed by atoms with Crippen molar-refractivity contribution in [3.8, 4) is 0 Å². The third kappa shape index (κ3) is 9.31. The fraction of sp³-hybridized carbons (Fsp3) is 0.286. The first-order chi connectivity index (χ1) is 11.6. The van der Waals surface area contributed by atoms with Gasteiger partial charge in [0, 0.05) is 17.9 Å². The van der Waals surface area contributed by atoms with Gasteiger partial charge in [-0.15, -0.1) is 6.58 Å². The van der Waals surface area contributed by atoms with Crippen LogP contribution in [0.3, 0.4) is 0 Å². The number of benzene rings is 1. The molecule has 2 nitrogen and oxygen atoms in total. The average Bonchev–Trinajstić information content (AvgIpc) is 2.62. The molecule has 24 heavy (non-hydrogen) atoms. The summed E-state index contributed by atoms with van der Waals surface area (Å²) in [6.45, 7) is 12.6. The van der Waals surface area contributed by atoms with Gasteiger partial charge in [0.1, 0.15) is 6.29 Å². The number of hydrogen-bond donors (Lipinski definition) is 0. The first-order valence-electron chi connectivity index (χ1n) is 8.11. The molecule has 0 N–H and O–H groups in total. The lowest BCUT2D eigenvalue weighted by Gasteiger charge is -2.25. The zero-order chi connectivity index (χ0) is 18.2. The van der Waals surface area contributed by atoms with Crippen LogP contribution < -0.4 is 4.90 Å². The third-order valence-corrected chi connectivity index (χ3v) is 3.68. The van der Waals surface area contributed by atoms with Crippen molar-refractivity contribution >= 4 is 27.9 Å². The smallest absolute Gasteiger partial charge is 0.145 e. The van der Waals surface area contributed by atoms with Crippen molar-refractivity contribution in [2.24, 2.45) is 0 Å². The van der Waals surface area contributed by atoms with Crippen molar-refractivity contribution in [2.75, 3.05) is 11.4 Å². The van der Waals surface area contributed by atoms with Crippen molar-refractivity contribution in [3.63, 3.8) is 0 Å². The first-order valence-corrected chi connectivity index (χ1v) is 9.02. The van der Waals surface area contributed by atoms with E-state index < -0.39 is 0 Å². The largest absolute Gasteiger partial charge is 0.342 e. The predicted octanol–water partition coefficient (Wildman–Crippen LogP) is 6.42. The monoisotopic (exact) mass is 389 g/mol. The second-order valence-corrected chi connectivity index (χ2v) is 5.58. The van der Waals surface area contributed by atoms with Gasteiger partial charge in [-0.3, -0.25) is 4.79 Å². The number of rotatable bonds is 9. The SMILES string of the molecule is C=CCN(C(=C)CC/C(C=O)=C\C)c1ccccc1.CC/C=C/Br. The molecule has 0 atom stereocenters. The number of hydrogen-bond acceptors (Lipinski definition) is 2. The van der Waals surface area contributed by atoms with E-state index in [1.807, 2.05) is 60.5 Å². The Morgan fingerprint density at radius 3 is 2.33 bits per heavy atom. The lowest BCUT2D eigenvalue weighted by Crippen LogP contribution is -2.21. The number of halogens is 1. The third-order valence-electron chi connectivity index (χ3n) is 3.31. The normalized spacial score (nSPS) is 10.7. The van der Waals surface area contributed by atoms with Crippen LogP contribution >= 0.6 is 15.9 Å². The molecule has 0 bridgehead atoms. The minimum atomic E-state index is 0.717. The Morgan fingerprint density at radius 2 is 1.92 bits per heavy atom. The Bertz CT molecular complexity index is 546. The van der Waals surface area contributed by atoms with Crippen LogP contribution in [0.1, 0.15) is 33.1 Å². The summed E-state index contributed by atoms with van der Waals surface area (Å²) < 4.78 is 0. The molecule has 1 rings (SSSR count). The van der Waals surface area contributed by atoms with E-state index >= 15 is 0 Å². The number of para-hydroxylation sites is 1. The fourth-order valence-corrected chi connectivity index (χ4v) is 2.31. The van der Waals surface area contributed by atoms with E-state index in [1.165, 1.54) is 0 Å². The number of nitrogens with zero attached hydrogens (tertiary/aromatic N) is 1. The van der Waals surface area contributed by atoms with Crippen LogP contribution in [0.2, 0.25) is 0 Å². The quantitative estimate of drug-likeness (QED) is 0.275. The van der Waals surface area contributed by atoms with Gasteiger partial charge in [0.2, 0.25) is 0 Å². The standard InChI is InChI=1S/C17H21NO.C4H7Br/c1-4-13-18(17-9-7-6-8-10-17)15(3)11-12-16(5-2)14-19;1-2-3-4-5/h4-10,14H,1,3,11-13H2,2H3;3-4H,2H2,1H3/b16-5+;4-3+. The zero-order valence-corrected chi connectivity index (χ0v) is 16.3. The topological polar surface area (TPSA) is 20.3 Å². The zero-order valence-electron chi connectivity index (χ0n) is 14.7. The van der Waals surface area contributed by atoms with E-state index in [-0.39, 0.29) is 0 Å². The van der Waals surface area contributed by atoms with Crippen molar-refractivity contribution < 1.29 is 4.79 Å². The molecule has 3 heteroatoms. The van der Waals surface area contributed by atoms with Gasteiger partial charge in [-0.05, 0) is 48.9 Å². The molecule has 0 amide bonds. The Morgan fingerprint density at radius 1 is 1.25 bits per heavy atom. The molecule has 0 aliphatic rings. The summed E-state index contributed by atoms with van der Waals surface area (Å²) in [5.41, 5.74) is 2.90. The first kappa shape index (κ1) is 22.1. The van der Waals surface area contributed by atoms with Crippen LogP contribution in [0, 0.1) is 0 Å². The van der Waals surface area contributed by atoms with Crippen LogP contribution in [-0.2, 0) is 4.79 Å². The number of carbonyl (C=O) groups excluding carboxylic acids is 1. The molecule has 0 fully saturated rings. The van der Waals surface area contributed by atoms with Gasteiger partial charge in [0.15, 0.2) is 0 Å². The van der Waals surface area contributed by atoms with E-state index in [4.69, 9.17) is 0 Å². The summed E-state index contributed by atoms with van der Waals surface area (Å²) >= 11 is 3.13. The van der Waals surface area contributed by atoms with Crippen molar-refractivity contribution in [1.29, 1.82) is 0 Å². The molecule has 0 heterocycles. The molecule has 0 saturated carbocycles. The second-order valence-electron chi connectivity index (χ2n) is 5.05. The van der Waals surface area contributed by atoms with Crippen molar-refractivity contribution in [2.45, 2.75) is 33.1 Å². The average molecular weight is 390 g/mol. The van der Waals surface area contributed by atoms with Crippen LogP contribution in [0.5, 0.6) is 0 Å². The van der Waals surface area contributed by atoms with Crippen molar-refractivity contribution in [1.82, 2.24) is 0 Å². The van der Waals surface area contributed by atoms with E-state index in [9.17, 15) is 4.79 Å². The van der Waals surface area contributed by atoms with E-state index in [1.54, 1.807) is 0 Å².